The second kappa shape index (κ2) is 5.44. The van der Waals surface area contributed by atoms with Crippen molar-refractivity contribution in [3.8, 4) is 0 Å². The maximum Gasteiger partial charge on any atom is 0.460 e. The summed E-state index contributed by atoms with van der Waals surface area (Å²) in [5.74, 6) is -37.0. The van der Waals surface area contributed by atoms with Gasteiger partial charge in [0.1, 0.15) is 0 Å². The molecule has 0 aliphatic carbocycles. The maximum atomic E-state index is 12.6. The normalized spacial score (nSPS) is 16.6. The molecule has 0 aromatic carbocycles. The van der Waals surface area contributed by atoms with Crippen molar-refractivity contribution in [2.75, 3.05) is 6.67 Å². The van der Waals surface area contributed by atoms with E-state index < -0.39 is 48.2 Å². The van der Waals surface area contributed by atoms with Gasteiger partial charge in [0.15, 0.2) is 6.67 Å². The van der Waals surface area contributed by atoms with Crippen LogP contribution in [0.4, 0.5) is 61.5 Å². The molecule has 0 saturated carbocycles. The first kappa shape index (κ1) is 20.8. The lowest BCUT2D eigenvalue weighted by atomic mass is 10.1. The van der Waals surface area contributed by atoms with Gasteiger partial charge < -0.3 is 0 Å². The summed E-state index contributed by atoms with van der Waals surface area (Å²) in [5.41, 5.74) is 0. The van der Waals surface area contributed by atoms with Gasteiger partial charge in [0, 0.05) is 0 Å². The van der Waals surface area contributed by atoms with Crippen LogP contribution in [-0.4, -0.2) is 36.5 Å². The van der Waals surface area contributed by atoms with Crippen LogP contribution in [0.15, 0.2) is 11.7 Å². The Hall–Kier alpha value is -1.24. The van der Waals surface area contributed by atoms with Gasteiger partial charge in [-0.2, -0.15) is 48.3 Å². The Kier molecular flexibility index (Phi) is 5.13. The molecule has 22 heavy (non-hydrogen) atoms. The number of alkyl halides is 12. The number of hydrogen-bond acceptors (Lipinski definition) is 0. The Labute approximate surface area is 111 Å². The third kappa shape index (κ3) is 2.95. The van der Waals surface area contributed by atoms with Gasteiger partial charge in [-0.05, 0) is 0 Å². The van der Waals surface area contributed by atoms with Crippen LogP contribution in [0.2, 0.25) is 0 Å². The minimum absolute atomic E-state index is 3.44. The quantitative estimate of drug-likeness (QED) is 0.588. The Morgan fingerprint density at radius 2 is 0.909 bits per heavy atom. The average molecular weight is 364 g/mol. The predicted octanol–water partition coefficient (Wildman–Crippen LogP) is 5.21. The Balaban J connectivity index is 6.17. The molecule has 0 nitrogen and oxygen atoms in total. The zero-order valence-electron chi connectivity index (χ0n) is 9.50. The molecule has 0 aliphatic rings. The lowest BCUT2D eigenvalue weighted by Crippen LogP contribution is -2.53. The van der Waals surface area contributed by atoms with Gasteiger partial charge >= 0.3 is 29.9 Å². The van der Waals surface area contributed by atoms with Gasteiger partial charge in [-0.15, -0.1) is 0 Å². The van der Waals surface area contributed by atoms with E-state index in [0.29, 0.717) is 0 Å². The fourth-order valence-corrected chi connectivity index (χ4v) is 0.836. The van der Waals surface area contributed by atoms with E-state index in [1.165, 1.54) is 0 Å². The summed E-state index contributed by atoms with van der Waals surface area (Å²) in [6.45, 7) is -3.44. The van der Waals surface area contributed by atoms with Crippen molar-refractivity contribution in [2.45, 2.75) is 29.9 Å². The number of halogens is 14. The van der Waals surface area contributed by atoms with Crippen molar-refractivity contribution in [1.29, 1.82) is 0 Å². The largest absolute Gasteiger partial charge is 0.460 e. The molecule has 14 heteroatoms. The van der Waals surface area contributed by atoms with Crippen LogP contribution in [-0.2, 0) is 0 Å². The zero-order valence-corrected chi connectivity index (χ0v) is 9.50. The van der Waals surface area contributed by atoms with E-state index >= 15 is 0 Å². The summed E-state index contributed by atoms with van der Waals surface area (Å²) < 4.78 is 171. The zero-order chi connectivity index (χ0) is 18.4. The lowest BCUT2D eigenvalue weighted by molar-refractivity contribution is -0.348. The predicted molar refractivity (Wildman–Crippen MR) is 41.1 cm³/mol. The van der Waals surface area contributed by atoms with Crippen molar-refractivity contribution in [2.24, 2.45) is 0 Å². The SMILES string of the molecule is FCC(F)(F)C(F)(F)C(F)=C(F)C(F)(F)C(F)(F)C(F)(F)F. The molecule has 0 aliphatic heterocycles. The van der Waals surface area contributed by atoms with Crippen molar-refractivity contribution < 1.29 is 61.5 Å². The van der Waals surface area contributed by atoms with Gasteiger partial charge in [0.25, 0.3) is 0 Å². The average Bonchev–Trinajstić information content (AvgIpc) is 2.34. The van der Waals surface area contributed by atoms with Crippen LogP contribution >= 0.6 is 0 Å². The van der Waals surface area contributed by atoms with Crippen molar-refractivity contribution in [3.63, 3.8) is 0 Å². The molecule has 0 spiro atoms. The van der Waals surface area contributed by atoms with E-state index in [2.05, 4.69) is 0 Å². The fraction of sp³-hybridized carbons (Fsp3) is 0.750. The Morgan fingerprint density at radius 1 is 0.591 bits per heavy atom. The first-order valence-corrected chi connectivity index (χ1v) is 4.58. The minimum atomic E-state index is -7.40. The molecule has 0 N–H and O–H groups in total. The standard InChI is InChI=1S/C8H2F14/c9-1-4(12,13)5(14,15)2(10)3(11)6(16,17)7(18,19)8(20,21)22/h1H2. The first-order valence-electron chi connectivity index (χ1n) is 4.58. The van der Waals surface area contributed by atoms with Gasteiger partial charge in [-0.25, -0.2) is 13.2 Å². The third-order valence-electron chi connectivity index (χ3n) is 2.12. The number of hydrogen-bond donors (Lipinski definition) is 0. The van der Waals surface area contributed by atoms with Crippen molar-refractivity contribution in [1.82, 2.24) is 0 Å². The monoisotopic (exact) mass is 364 g/mol. The Bertz CT molecular complexity index is 440. The highest BCUT2D eigenvalue weighted by Crippen LogP contribution is 2.53. The second-order valence-electron chi connectivity index (χ2n) is 3.69. The fourth-order valence-electron chi connectivity index (χ4n) is 0.836. The topological polar surface area (TPSA) is 0 Å². The van der Waals surface area contributed by atoms with Crippen molar-refractivity contribution >= 4 is 0 Å². The Morgan fingerprint density at radius 3 is 1.18 bits per heavy atom. The molecule has 0 amide bonds. The molecule has 0 fully saturated rings. The molecule has 132 valence electrons. The molecule has 0 heterocycles. The summed E-state index contributed by atoms with van der Waals surface area (Å²) in [6.07, 6.45) is -7.23. The maximum absolute atomic E-state index is 12.6. The molecule has 0 saturated heterocycles. The van der Waals surface area contributed by atoms with Gasteiger partial charge in [-0.1, -0.05) is 0 Å². The first-order chi connectivity index (χ1) is 9.38. The highest BCUT2D eigenvalue weighted by molar-refractivity contribution is 5.23. The van der Waals surface area contributed by atoms with E-state index in [1.807, 2.05) is 0 Å². The summed E-state index contributed by atoms with van der Waals surface area (Å²) in [5, 5.41) is 0. The van der Waals surface area contributed by atoms with Crippen LogP contribution in [0.5, 0.6) is 0 Å². The van der Waals surface area contributed by atoms with Crippen molar-refractivity contribution in [3.05, 3.63) is 11.7 Å². The second-order valence-corrected chi connectivity index (χ2v) is 3.69. The van der Waals surface area contributed by atoms with Crippen LogP contribution in [0.1, 0.15) is 0 Å². The van der Waals surface area contributed by atoms with E-state index in [1.54, 1.807) is 0 Å². The molecule has 0 rings (SSSR count). The molecule has 0 unspecified atom stereocenters. The molecule has 0 bridgehead atoms. The van der Waals surface area contributed by atoms with Crippen LogP contribution < -0.4 is 0 Å². The molecule has 0 aromatic rings. The minimum Gasteiger partial charge on any atom is -0.244 e. The van der Waals surface area contributed by atoms with Crippen LogP contribution in [0.3, 0.4) is 0 Å². The summed E-state index contributed by atoms with van der Waals surface area (Å²) >= 11 is 0. The smallest absolute Gasteiger partial charge is 0.244 e. The van der Waals surface area contributed by atoms with Crippen LogP contribution in [0, 0.1) is 0 Å². The number of rotatable bonds is 5. The summed E-state index contributed by atoms with van der Waals surface area (Å²) in [4.78, 5) is 0. The molecular weight excluding hydrogens is 362 g/mol. The van der Waals surface area contributed by atoms with Gasteiger partial charge in [0.05, 0.1) is 0 Å². The molecule has 0 aromatic heterocycles. The number of allylic oxidation sites excluding steroid dienone is 2. The van der Waals surface area contributed by atoms with Gasteiger partial charge in [-0.3, -0.25) is 0 Å². The molecule has 0 atom stereocenters. The van der Waals surface area contributed by atoms with Gasteiger partial charge in [0.2, 0.25) is 11.7 Å². The van der Waals surface area contributed by atoms with E-state index in [9.17, 15) is 61.5 Å². The lowest BCUT2D eigenvalue weighted by Gasteiger charge is -2.29. The molecular formula is C8H2F14. The summed E-state index contributed by atoms with van der Waals surface area (Å²) in [6, 6.07) is 0. The van der Waals surface area contributed by atoms with E-state index in [-0.39, 0.29) is 0 Å². The van der Waals surface area contributed by atoms with E-state index in [0.717, 1.165) is 0 Å². The summed E-state index contributed by atoms with van der Waals surface area (Å²) in [7, 11) is 0. The highest BCUT2D eigenvalue weighted by atomic mass is 19.4. The van der Waals surface area contributed by atoms with E-state index in [4.69, 9.17) is 0 Å². The third-order valence-corrected chi connectivity index (χ3v) is 2.12. The molecule has 0 radical (unpaired) electrons. The van der Waals surface area contributed by atoms with Crippen LogP contribution in [0.25, 0.3) is 0 Å². The highest BCUT2D eigenvalue weighted by Gasteiger charge is 2.77.